The molecule has 2 aromatic heterocycles. The van der Waals surface area contributed by atoms with Crippen molar-refractivity contribution in [1.29, 1.82) is 5.26 Å². The predicted octanol–water partition coefficient (Wildman–Crippen LogP) is 1.67. The summed E-state index contributed by atoms with van der Waals surface area (Å²) in [5.74, 6) is 1.44. The fourth-order valence-corrected chi connectivity index (χ4v) is 2.50. The number of hydrogen-bond acceptors (Lipinski definition) is 3. The van der Waals surface area contributed by atoms with Gasteiger partial charge in [0.05, 0.1) is 5.52 Å². The Morgan fingerprint density at radius 2 is 2.41 bits per heavy atom. The van der Waals surface area contributed by atoms with Gasteiger partial charge in [0.15, 0.2) is 5.69 Å². The summed E-state index contributed by atoms with van der Waals surface area (Å²) >= 11 is 0. The molecule has 2 aromatic rings. The summed E-state index contributed by atoms with van der Waals surface area (Å²) in [5, 5.41) is 12.5. The van der Waals surface area contributed by atoms with Gasteiger partial charge < -0.3 is 9.72 Å². The van der Waals surface area contributed by atoms with Gasteiger partial charge in [-0.1, -0.05) is 6.07 Å². The second kappa shape index (κ2) is 4.19. The number of nitrogens with zero attached hydrogens (tertiary/aromatic N) is 3. The maximum absolute atomic E-state index is 9.11. The van der Waals surface area contributed by atoms with Crippen LogP contribution in [0.1, 0.15) is 30.3 Å². The molecule has 0 spiro atoms. The predicted molar refractivity (Wildman–Crippen MR) is 64.8 cm³/mol. The van der Waals surface area contributed by atoms with E-state index in [0.717, 1.165) is 30.9 Å². The second-order valence-corrected chi connectivity index (χ2v) is 4.43. The lowest BCUT2D eigenvalue weighted by molar-refractivity contribution is 0.445. The van der Waals surface area contributed by atoms with Gasteiger partial charge in [0.2, 0.25) is 0 Å². The van der Waals surface area contributed by atoms with Gasteiger partial charge >= 0.3 is 0 Å². The number of imidazole rings is 1. The number of rotatable bonds is 1. The van der Waals surface area contributed by atoms with E-state index in [1.807, 2.05) is 24.4 Å². The molecule has 1 fully saturated rings. The van der Waals surface area contributed by atoms with Crippen LogP contribution in [-0.2, 0) is 0 Å². The topological polar surface area (TPSA) is 53.1 Å². The van der Waals surface area contributed by atoms with Gasteiger partial charge in [-0.2, -0.15) is 5.26 Å². The minimum Gasteiger partial charge on any atom is -0.316 e. The van der Waals surface area contributed by atoms with Crippen LogP contribution in [0.3, 0.4) is 0 Å². The molecular weight excluding hydrogens is 212 g/mol. The van der Waals surface area contributed by atoms with Crippen LogP contribution in [0.15, 0.2) is 24.4 Å². The number of nitriles is 1. The molecule has 1 atom stereocenters. The van der Waals surface area contributed by atoms with Gasteiger partial charge in [-0.15, -0.1) is 0 Å². The van der Waals surface area contributed by atoms with Gasteiger partial charge in [0, 0.05) is 18.7 Å². The molecule has 0 amide bonds. The van der Waals surface area contributed by atoms with Gasteiger partial charge in [0.25, 0.3) is 0 Å². The van der Waals surface area contributed by atoms with Crippen LogP contribution in [0.2, 0.25) is 0 Å². The van der Waals surface area contributed by atoms with Gasteiger partial charge in [0.1, 0.15) is 11.9 Å². The third-order valence-corrected chi connectivity index (χ3v) is 3.34. The fraction of sp³-hybridized carbons (Fsp3) is 0.385. The van der Waals surface area contributed by atoms with Crippen LogP contribution in [0.25, 0.3) is 5.52 Å². The van der Waals surface area contributed by atoms with Gasteiger partial charge in [-0.05, 0) is 31.5 Å². The molecule has 0 saturated carbocycles. The van der Waals surface area contributed by atoms with Crippen molar-refractivity contribution in [3.63, 3.8) is 0 Å². The normalized spacial score (nSPS) is 20.3. The molecule has 1 saturated heterocycles. The Balaban J connectivity index is 2.13. The molecular formula is C13H14N4. The molecule has 0 bridgehead atoms. The highest BCUT2D eigenvalue weighted by Gasteiger charge is 2.21. The van der Waals surface area contributed by atoms with E-state index < -0.39 is 0 Å². The Kier molecular flexibility index (Phi) is 2.54. The molecule has 1 aliphatic rings. The summed E-state index contributed by atoms with van der Waals surface area (Å²) in [7, 11) is 0. The summed E-state index contributed by atoms with van der Waals surface area (Å²) in [5.41, 5.74) is 1.45. The first-order chi connectivity index (χ1) is 8.40. The van der Waals surface area contributed by atoms with E-state index >= 15 is 0 Å². The van der Waals surface area contributed by atoms with Crippen molar-refractivity contribution >= 4 is 5.52 Å². The molecule has 86 valence electrons. The lowest BCUT2D eigenvalue weighted by atomic mass is 9.99. The van der Waals surface area contributed by atoms with Crippen LogP contribution in [0.5, 0.6) is 0 Å². The van der Waals surface area contributed by atoms with E-state index in [-0.39, 0.29) is 0 Å². The van der Waals surface area contributed by atoms with Crippen molar-refractivity contribution in [2.45, 2.75) is 18.8 Å². The summed E-state index contributed by atoms with van der Waals surface area (Å²) < 4.78 is 2.05. The zero-order valence-corrected chi connectivity index (χ0v) is 9.56. The molecule has 0 aliphatic carbocycles. The van der Waals surface area contributed by atoms with Crippen molar-refractivity contribution in [2.24, 2.45) is 0 Å². The number of fused-ring (bicyclic) bond motifs is 1. The largest absolute Gasteiger partial charge is 0.316 e. The number of hydrogen-bond donors (Lipinski definition) is 1. The minimum atomic E-state index is 0.417. The number of piperidine rings is 1. The first-order valence-electron chi connectivity index (χ1n) is 5.98. The number of pyridine rings is 1. The Hall–Kier alpha value is -1.86. The molecule has 0 aromatic carbocycles. The third kappa shape index (κ3) is 1.69. The minimum absolute atomic E-state index is 0.417. The van der Waals surface area contributed by atoms with Crippen molar-refractivity contribution in [2.75, 3.05) is 13.1 Å². The van der Waals surface area contributed by atoms with Crippen molar-refractivity contribution in [1.82, 2.24) is 14.7 Å². The van der Waals surface area contributed by atoms with E-state index in [0.29, 0.717) is 11.6 Å². The zero-order chi connectivity index (χ0) is 11.7. The Morgan fingerprint density at radius 1 is 1.47 bits per heavy atom. The zero-order valence-electron chi connectivity index (χ0n) is 9.56. The molecule has 4 nitrogen and oxygen atoms in total. The van der Waals surface area contributed by atoms with Gasteiger partial charge in [-0.3, -0.25) is 0 Å². The Bertz CT molecular complexity index is 573. The van der Waals surface area contributed by atoms with E-state index in [9.17, 15) is 0 Å². The Labute approximate surface area is 99.9 Å². The molecule has 3 rings (SSSR count). The average molecular weight is 226 g/mol. The number of aromatic nitrogens is 2. The molecule has 1 unspecified atom stereocenters. The lowest BCUT2D eigenvalue weighted by Gasteiger charge is -2.21. The monoisotopic (exact) mass is 226 g/mol. The molecule has 1 N–H and O–H groups in total. The molecule has 4 heteroatoms. The second-order valence-electron chi connectivity index (χ2n) is 4.43. The standard InChI is InChI=1S/C13H14N4/c14-8-11-12-5-1-2-7-17(12)13(16-11)10-4-3-6-15-9-10/h1-2,5,7,10,15H,3-4,6,9H2. The SMILES string of the molecule is N#Cc1nc(C2CCCNC2)n2ccccc12. The Morgan fingerprint density at radius 3 is 3.18 bits per heavy atom. The summed E-state index contributed by atoms with van der Waals surface area (Å²) in [6.45, 7) is 2.05. The lowest BCUT2D eigenvalue weighted by Crippen LogP contribution is -2.29. The summed E-state index contributed by atoms with van der Waals surface area (Å²) in [6, 6.07) is 8.05. The first kappa shape index (κ1) is 10.3. The first-order valence-corrected chi connectivity index (χ1v) is 5.98. The van der Waals surface area contributed by atoms with E-state index in [1.165, 1.54) is 6.42 Å². The highest BCUT2D eigenvalue weighted by molar-refractivity contribution is 5.58. The van der Waals surface area contributed by atoms with E-state index in [4.69, 9.17) is 5.26 Å². The molecule has 3 heterocycles. The van der Waals surface area contributed by atoms with Crippen LogP contribution < -0.4 is 5.32 Å². The van der Waals surface area contributed by atoms with Crippen LogP contribution in [0.4, 0.5) is 0 Å². The van der Waals surface area contributed by atoms with Crippen LogP contribution in [-0.4, -0.2) is 22.5 Å². The van der Waals surface area contributed by atoms with Crippen molar-refractivity contribution in [3.8, 4) is 6.07 Å². The molecule has 1 aliphatic heterocycles. The summed E-state index contributed by atoms with van der Waals surface area (Å²) in [4.78, 5) is 4.49. The smallest absolute Gasteiger partial charge is 0.166 e. The average Bonchev–Trinajstić information content (AvgIpc) is 2.78. The third-order valence-electron chi connectivity index (χ3n) is 3.34. The summed E-state index contributed by atoms with van der Waals surface area (Å²) in [6.07, 6.45) is 4.31. The van der Waals surface area contributed by atoms with Gasteiger partial charge in [-0.25, -0.2) is 4.98 Å². The quantitative estimate of drug-likeness (QED) is 0.804. The van der Waals surface area contributed by atoms with E-state index in [1.54, 1.807) is 0 Å². The highest BCUT2D eigenvalue weighted by Crippen LogP contribution is 2.24. The maximum Gasteiger partial charge on any atom is 0.166 e. The maximum atomic E-state index is 9.11. The van der Waals surface area contributed by atoms with Crippen molar-refractivity contribution in [3.05, 3.63) is 35.9 Å². The van der Waals surface area contributed by atoms with Crippen LogP contribution in [0, 0.1) is 11.3 Å². The van der Waals surface area contributed by atoms with Crippen LogP contribution >= 0.6 is 0 Å². The highest BCUT2D eigenvalue weighted by atomic mass is 15.0. The van der Waals surface area contributed by atoms with Crippen molar-refractivity contribution < 1.29 is 0 Å². The molecule has 0 radical (unpaired) electrons. The molecule has 17 heavy (non-hydrogen) atoms. The fourth-order valence-electron chi connectivity index (χ4n) is 2.50. The van der Waals surface area contributed by atoms with E-state index in [2.05, 4.69) is 20.8 Å². The number of nitrogens with one attached hydrogen (secondary N) is 1.